The molecule has 1 amide bonds. The third-order valence-corrected chi connectivity index (χ3v) is 5.37. The van der Waals surface area contributed by atoms with Crippen LogP contribution in [0.25, 0.3) is 0 Å². The fraction of sp³-hybridized carbons (Fsp3) is 0.391. The fourth-order valence-corrected chi connectivity index (χ4v) is 3.72. The molecule has 1 heterocycles. The van der Waals surface area contributed by atoms with Crippen molar-refractivity contribution in [1.29, 1.82) is 0 Å². The zero-order valence-corrected chi connectivity index (χ0v) is 17.8. The van der Waals surface area contributed by atoms with Crippen molar-refractivity contribution in [2.24, 2.45) is 0 Å². The van der Waals surface area contributed by atoms with Crippen LogP contribution in [0.3, 0.4) is 0 Å². The molecule has 1 aliphatic heterocycles. The summed E-state index contributed by atoms with van der Waals surface area (Å²) in [6.07, 6.45) is 2.06. The van der Waals surface area contributed by atoms with Gasteiger partial charge in [0.05, 0.1) is 10.5 Å². The van der Waals surface area contributed by atoms with E-state index in [1.54, 1.807) is 13.1 Å². The summed E-state index contributed by atoms with van der Waals surface area (Å²) in [6.45, 7) is 3.39. The Bertz CT molecular complexity index is 941. The van der Waals surface area contributed by atoms with Gasteiger partial charge < -0.3 is 14.5 Å². The predicted octanol–water partition coefficient (Wildman–Crippen LogP) is 3.79. The molecule has 0 N–H and O–H groups in total. The molecular weight excluding hydrogens is 398 g/mol. The van der Waals surface area contributed by atoms with Gasteiger partial charge in [0, 0.05) is 32.7 Å². The molecule has 0 saturated carbocycles. The van der Waals surface area contributed by atoms with Gasteiger partial charge in [-0.2, -0.15) is 0 Å². The maximum Gasteiger partial charge on any atom is 0.339 e. The number of amides is 1. The van der Waals surface area contributed by atoms with E-state index in [1.807, 2.05) is 35.2 Å². The summed E-state index contributed by atoms with van der Waals surface area (Å²) >= 11 is 0. The SMILES string of the molecule is C[C@H](OC(=O)c1ccc(N2CCCCC2)c([N+](=O)[O-])c1)C(=O)N(C)Cc1ccccc1. The van der Waals surface area contributed by atoms with Crippen LogP contribution in [0.1, 0.15) is 42.1 Å². The summed E-state index contributed by atoms with van der Waals surface area (Å²) in [6, 6.07) is 13.8. The molecule has 164 valence electrons. The van der Waals surface area contributed by atoms with Gasteiger partial charge >= 0.3 is 5.97 Å². The number of hydrogen-bond acceptors (Lipinski definition) is 6. The summed E-state index contributed by atoms with van der Waals surface area (Å²) in [5.74, 6) is -1.11. The number of carbonyl (C=O) groups is 2. The number of benzene rings is 2. The first-order chi connectivity index (χ1) is 14.9. The maximum absolute atomic E-state index is 12.6. The molecule has 31 heavy (non-hydrogen) atoms. The van der Waals surface area contributed by atoms with Crippen LogP contribution in [-0.2, 0) is 16.1 Å². The molecule has 0 spiro atoms. The standard InChI is InChI=1S/C23H27N3O5/c1-17(22(27)24(2)16-18-9-5-3-6-10-18)31-23(28)19-11-12-20(21(15-19)26(29)30)25-13-7-4-8-14-25/h3,5-6,9-12,15,17H,4,7-8,13-14,16H2,1-2H3/t17-/m0/s1. The molecule has 1 aliphatic rings. The van der Waals surface area contributed by atoms with Crippen LogP contribution in [0.2, 0.25) is 0 Å². The highest BCUT2D eigenvalue weighted by Crippen LogP contribution is 2.31. The molecule has 2 aromatic carbocycles. The van der Waals surface area contributed by atoms with Crippen molar-refractivity contribution in [1.82, 2.24) is 4.90 Å². The lowest BCUT2D eigenvalue weighted by Crippen LogP contribution is -2.37. The lowest BCUT2D eigenvalue weighted by molar-refractivity contribution is -0.384. The van der Waals surface area contributed by atoms with E-state index < -0.39 is 17.0 Å². The number of piperidine rings is 1. The van der Waals surface area contributed by atoms with Gasteiger partial charge in [-0.1, -0.05) is 30.3 Å². The monoisotopic (exact) mass is 425 g/mol. The summed E-state index contributed by atoms with van der Waals surface area (Å²) in [5, 5.41) is 11.6. The third-order valence-electron chi connectivity index (χ3n) is 5.37. The molecule has 8 nitrogen and oxygen atoms in total. The molecule has 1 atom stereocenters. The van der Waals surface area contributed by atoms with Crippen molar-refractivity contribution < 1.29 is 19.2 Å². The Labute approximate surface area is 181 Å². The van der Waals surface area contributed by atoms with E-state index >= 15 is 0 Å². The van der Waals surface area contributed by atoms with Crippen LogP contribution in [-0.4, -0.2) is 47.9 Å². The number of hydrogen-bond donors (Lipinski definition) is 0. The minimum atomic E-state index is -1.01. The molecule has 0 aromatic heterocycles. The second kappa shape index (κ2) is 10.1. The van der Waals surface area contributed by atoms with Gasteiger partial charge in [-0.3, -0.25) is 14.9 Å². The molecule has 1 saturated heterocycles. The number of nitro groups is 1. The molecular formula is C23H27N3O5. The zero-order valence-electron chi connectivity index (χ0n) is 17.8. The average molecular weight is 425 g/mol. The number of likely N-dealkylation sites (N-methyl/N-ethyl adjacent to an activating group) is 1. The topological polar surface area (TPSA) is 93.0 Å². The minimum absolute atomic E-state index is 0.0535. The van der Waals surface area contributed by atoms with Crippen LogP contribution < -0.4 is 4.90 Å². The van der Waals surface area contributed by atoms with Gasteiger partial charge in [-0.05, 0) is 43.9 Å². The van der Waals surface area contributed by atoms with Crippen molar-refractivity contribution in [3.05, 3.63) is 69.8 Å². The zero-order chi connectivity index (χ0) is 22.4. The molecule has 1 fully saturated rings. The second-order valence-electron chi connectivity index (χ2n) is 7.74. The Morgan fingerprint density at radius 2 is 1.81 bits per heavy atom. The fourth-order valence-electron chi connectivity index (χ4n) is 3.72. The summed E-state index contributed by atoms with van der Waals surface area (Å²) in [5.41, 5.74) is 1.39. The molecule has 0 radical (unpaired) electrons. The first-order valence-corrected chi connectivity index (χ1v) is 10.4. The first-order valence-electron chi connectivity index (χ1n) is 10.4. The van der Waals surface area contributed by atoms with Gasteiger partial charge in [0.2, 0.25) is 0 Å². The number of carbonyl (C=O) groups excluding carboxylic acids is 2. The van der Waals surface area contributed by atoms with Crippen LogP contribution >= 0.6 is 0 Å². The van der Waals surface area contributed by atoms with E-state index in [1.165, 1.54) is 24.0 Å². The van der Waals surface area contributed by atoms with Crippen molar-refractivity contribution >= 4 is 23.3 Å². The van der Waals surface area contributed by atoms with E-state index in [0.717, 1.165) is 37.9 Å². The molecule has 0 bridgehead atoms. The number of nitrogens with zero attached hydrogens (tertiary/aromatic N) is 3. The third kappa shape index (κ3) is 5.59. The maximum atomic E-state index is 12.6. The second-order valence-corrected chi connectivity index (χ2v) is 7.74. The van der Waals surface area contributed by atoms with E-state index in [0.29, 0.717) is 12.2 Å². The Balaban J connectivity index is 1.68. The first kappa shape index (κ1) is 22.3. The van der Waals surface area contributed by atoms with E-state index in [-0.39, 0.29) is 17.2 Å². The van der Waals surface area contributed by atoms with Crippen LogP contribution in [0, 0.1) is 10.1 Å². The smallest absolute Gasteiger partial charge is 0.339 e. The van der Waals surface area contributed by atoms with Crippen molar-refractivity contribution in [2.45, 2.75) is 38.8 Å². The van der Waals surface area contributed by atoms with Crippen LogP contribution in [0.5, 0.6) is 0 Å². The Morgan fingerprint density at radius 3 is 2.45 bits per heavy atom. The Morgan fingerprint density at radius 1 is 1.13 bits per heavy atom. The minimum Gasteiger partial charge on any atom is -0.449 e. The van der Waals surface area contributed by atoms with Gasteiger partial charge in [-0.25, -0.2) is 4.79 Å². The highest BCUT2D eigenvalue weighted by atomic mass is 16.6. The normalized spacial score (nSPS) is 14.6. The van der Waals surface area contributed by atoms with Gasteiger partial charge in [0.25, 0.3) is 11.6 Å². The van der Waals surface area contributed by atoms with Crippen molar-refractivity contribution in [3.8, 4) is 0 Å². The number of anilines is 1. The quantitative estimate of drug-likeness (QED) is 0.381. The van der Waals surface area contributed by atoms with Crippen LogP contribution in [0.15, 0.2) is 48.5 Å². The predicted molar refractivity (Wildman–Crippen MR) is 117 cm³/mol. The van der Waals surface area contributed by atoms with Crippen molar-refractivity contribution in [3.63, 3.8) is 0 Å². The molecule has 3 rings (SSSR count). The van der Waals surface area contributed by atoms with Crippen molar-refractivity contribution in [2.75, 3.05) is 25.0 Å². The highest BCUT2D eigenvalue weighted by Gasteiger charge is 2.26. The molecule has 0 aliphatic carbocycles. The summed E-state index contributed by atoms with van der Waals surface area (Å²) in [4.78, 5) is 39.7. The van der Waals surface area contributed by atoms with E-state index in [2.05, 4.69) is 0 Å². The molecule has 0 unspecified atom stereocenters. The number of rotatable bonds is 7. The van der Waals surface area contributed by atoms with Gasteiger partial charge in [0.15, 0.2) is 6.10 Å². The average Bonchev–Trinajstić information content (AvgIpc) is 2.79. The van der Waals surface area contributed by atoms with Gasteiger partial charge in [0.1, 0.15) is 5.69 Å². The lowest BCUT2D eigenvalue weighted by atomic mass is 10.1. The number of esters is 1. The number of ether oxygens (including phenoxy) is 1. The summed E-state index contributed by atoms with van der Waals surface area (Å²) in [7, 11) is 1.64. The molecule has 2 aromatic rings. The van der Waals surface area contributed by atoms with Gasteiger partial charge in [-0.15, -0.1) is 0 Å². The number of nitro benzene ring substituents is 1. The largest absolute Gasteiger partial charge is 0.449 e. The Kier molecular flexibility index (Phi) is 7.23. The molecule has 8 heteroatoms. The van der Waals surface area contributed by atoms with Crippen LogP contribution in [0.4, 0.5) is 11.4 Å². The highest BCUT2D eigenvalue weighted by molar-refractivity contribution is 5.93. The Hall–Kier alpha value is -3.42. The van der Waals surface area contributed by atoms with E-state index in [4.69, 9.17) is 4.74 Å². The summed E-state index contributed by atoms with van der Waals surface area (Å²) < 4.78 is 5.31. The lowest BCUT2D eigenvalue weighted by Gasteiger charge is -2.28. The van der Waals surface area contributed by atoms with E-state index in [9.17, 15) is 19.7 Å².